The molecule has 0 atom stereocenters. The summed E-state index contributed by atoms with van der Waals surface area (Å²) in [5.74, 6) is 0.0306. The standard InChI is InChI=1S/C14H16O4/c1-8(2)6-11-10-5-4-9(17-3)7-12(10)18-13(11)14(15)16/h4-5,7-8H,6H2,1-3H3,(H,15,16). The molecule has 0 aliphatic rings. The van der Waals surface area contributed by atoms with E-state index in [0.717, 1.165) is 10.9 Å². The van der Waals surface area contributed by atoms with Gasteiger partial charge in [0.15, 0.2) is 0 Å². The fraction of sp³-hybridized carbons (Fsp3) is 0.357. The van der Waals surface area contributed by atoms with Crippen molar-refractivity contribution in [2.24, 2.45) is 5.92 Å². The number of hydrogen-bond donors (Lipinski definition) is 1. The molecule has 0 saturated heterocycles. The Morgan fingerprint density at radius 1 is 1.44 bits per heavy atom. The normalized spacial score (nSPS) is 11.1. The van der Waals surface area contributed by atoms with Crippen LogP contribution in [0.1, 0.15) is 30.0 Å². The van der Waals surface area contributed by atoms with Gasteiger partial charge in [0.2, 0.25) is 5.76 Å². The number of aromatic carboxylic acids is 1. The van der Waals surface area contributed by atoms with E-state index < -0.39 is 5.97 Å². The molecule has 0 radical (unpaired) electrons. The molecule has 1 N–H and O–H groups in total. The summed E-state index contributed by atoms with van der Waals surface area (Å²) in [5, 5.41) is 10.0. The zero-order valence-corrected chi connectivity index (χ0v) is 10.7. The Kier molecular flexibility index (Phi) is 3.28. The molecule has 1 aromatic heterocycles. The summed E-state index contributed by atoms with van der Waals surface area (Å²) in [4.78, 5) is 11.2. The monoisotopic (exact) mass is 248 g/mol. The van der Waals surface area contributed by atoms with E-state index >= 15 is 0 Å². The van der Waals surface area contributed by atoms with Gasteiger partial charge in [-0.2, -0.15) is 0 Å². The molecule has 18 heavy (non-hydrogen) atoms. The first kappa shape index (κ1) is 12.5. The maximum atomic E-state index is 11.2. The fourth-order valence-corrected chi connectivity index (χ4v) is 2.04. The van der Waals surface area contributed by atoms with Crippen molar-refractivity contribution in [2.75, 3.05) is 7.11 Å². The molecule has 1 heterocycles. The molecule has 2 aromatic rings. The number of furan rings is 1. The van der Waals surface area contributed by atoms with Gasteiger partial charge in [0.05, 0.1) is 7.11 Å². The number of ether oxygens (including phenoxy) is 1. The van der Waals surface area contributed by atoms with Crippen LogP contribution in [0, 0.1) is 5.92 Å². The van der Waals surface area contributed by atoms with Gasteiger partial charge in [-0.1, -0.05) is 13.8 Å². The number of rotatable bonds is 4. The first-order valence-electron chi connectivity index (χ1n) is 5.85. The molecule has 96 valence electrons. The number of fused-ring (bicyclic) bond motifs is 1. The van der Waals surface area contributed by atoms with Gasteiger partial charge < -0.3 is 14.3 Å². The number of carboxylic acids is 1. The minimum atomic E-state index is -1.03. The van der Waals surface area contributed by atoms with E-state index in [1.54, 1.807) is 13.2 Å². The Labute approximate surface area is 105 Å². The van der Waals surface area contributed by atoms with Gasteiger partial charge in [-0.05, 0) is 24.5 Å². The third-order valence-electron chi connectivity index (χ3n) is 2.81. The lowest BCUT2D eigenvalue weighted by atomic mass is 10.00. The van der Waals surface area contributed by atoms with Crippen LogP contribution >= 0.6 is 0 Å². The average molecular weight is 248 g/mol. The van der Waals surface area contributed by atoms with Crippen molar-refractivity contribution in [3.63, 3.8) is 0 Å². The van der Waals surface area contributed by atoms with Crippen molar-refractivity contribution in [3.8, 4) is 5.75 Å². The topological polar surface area (TPSA) is 59.7 Å². The predicted octanol–water partition coefficient (Wildman–Crippen LogP) is 3.34. The van der Waals surface area contributed by atoms with E-state index in [1.165, 1.54) is 0 Å². The second-order valence-corrected chi connectivity index (χ2v) is 4.67. The Hall–Kier alpha value is -1.97. The van der Waals surface area contributed by atoms with E-state index in [-0.39, 0.29) is 5.76 Å². The smallest absolute Gasteiger partial charge is 0.372 e. The van der Waals surface area contributed by atoms with Crippen molar-refractivity contribution >= 4 is 16.9 Å². The van der Waals surface area contributed by atoms with E-state index in [9.17, 15) is 9.90 Å². The molecule has 0 aliphatic heterocycles. The van der Waals surface area contributed by atoms with Gasteiger partial charge in [0.25, 0.3) is 0 Å². The molecule has 0 unspecified atom stereocenters. The van der Waals surface area contributed by atoms with Crippen molar-refractivity contribution in [1.82, 2.24) is 0 Å². The second kappa shape index (κ2) is 4.72. The summed E-state index contributed by atoms with van der Waals surface area (Å²) in [6, 6.07) is 5.38. The van der Waals surface area contributed by atoms with E-state index in [4.69, 9.17) is 9.15 Å². The van der Waals surface area contributed by atoms with Crippen LogP contribution in [-0.2, 0) is 6.42 Å². The quantitative estimate of drug-likeness (QED) is 0.901. The van der Waals surface area contributed by atoms with Crippen molar-refractivity contribution in [2.45, 2.75) is 20.3 Å². The summed E-state index contributed by atoms with van der Waals surface area (Å²) < 4.78 is 10.5. The third kappa shape index (κ3) is 2.18. The van der Waals surface area contributed by atoms with Crippen molar-refractivity contribution in [1.29, 1.82) is 0 Å². The first-order chi connectivity index (χ1) is 8.52. The van der Waals surface area contributed by atoms with Crippen LogP contribution in [0.2, 0.25) is 0 Å². The summed E-state index contributed by atoms with van der Waals surface area (Å²) in [6.07, 6.45) is 0.682. The predicted molar refractivity (Wildman–Crippen MR) is 68.3 cm³/mol. The van der Waals surface area contributed by atoms with Gasteiger partial charge in [-0.15, -0.1) is 0 Å². The molecule has 0 bridgehead atoms. The molecule has 2 rings (SSSR count). The molecule has 0 fully saturated rings. The Balaban J connectivity index is 2.63. The molecule has 4 heteroatoms. The zero-order valence-electron chi connectivity index (χ0n) is 10.7. The van der Waals surface area contributed by atoms with Gasteiger partial charge in [0, 0.05) is 17.0 Å². The molecule has 0 spiro atoms. The Morgan fingerprint density at radius 3 is 2.72 bits per heavy atom. The molecule has 0 aliphatic carbocycles. The zero-order chi connectivity index (χ0) is 13.3. The van der Waals surface area contributed by atoms with Gasteiger partial charge in [0.1, 0.15) is 11.3 Å². The second-order valence-electron chi connectivity index (χ2n) is 4.67. The lowest BCUT2D eigenvalue weighted by molar-refractivity contribution is 0.0663. The first-order valence-corrected chi connectivity index (χ1v) is 5.85. The maximum Gasteiger partial charge on any atom is 0.372 e. The largest absolute Gasteiger partial charge is 0.497 e. The minimum Gasteiger partial charge on any atom is -0.497 e. The molecular weight excluding hydrogens is 232 g/mol. The minimum absolute atomic E-state index is 0.0342. The summed E-state index contributed by atoms with van der Waals surface area (Å²) in [5.41, 5.74) is 1.32. The number of hydrogen-bond acceptors (Lipinski definition) is 3. The van der Waals surface area contributed by atoms with E-state index in [0.29, 0.717) is 23.7 Å². The Bertz CT molecular complexity index is 581. The van der Waals surface area contributed by atoms with Crippen LogP contribution in [-0.4, -0.2) is 18.2 Å². The summed E-state index contributed by atoms with van der Waals surface area (Å²) in [6.45, 7) is 4.10. The molecular formula is C14H16O4. The van der Waals surface area contributed by atoms with Crippen molar-refractivity contribution in [3.05, 3.63) is 29.5 Å². The molecule has 1 aromatic carbocycles. The Morgan fingerprint density at radius 2 is 2.17 bits per heavy atom. The molecule has 0 amide bonds. The van der Waals surface area contributed by atoms with Gasteiger partial charge >= 0.3 is 5.97 Å². The van der Waals surface area contributed by atoms with E-state index in [2.05, 4.69) is 0 Å². The van der Waals surface area contributed by atoms with Crippen LogP contribution in [0.15, 0.2) is 22.6 Å². The molecule has 0 saturated carbocycles. The lowest BCUT2D eigenvalue weighted by Crippen LogP contribution is -2.02. The number of benzene rings is 1. The van der Waals surface area contributed by atoms with Crippen LogP contribution in [0.5, 0.6) is 5.75 Å². The number of methoxy groups -OCH3 is 1. The van der Waals surface area contributed by atoms with Gasteiger partial charge in [-0.25, -0.2) is 4.79 Å². The molecule has 4 nitrogen and oxygen atoms in total. The highest BCUT2D eigenvalue weighted by atomic mass is 16.5. The van der Waals surface area contributed by atoms with Crippen LogP contribution in [0.4, 0.5) is 0 Å². The highest BCUT2D eigenvalue weighted by Crippen LogP contribution is 2.30. The SMILES string of the molecule is COc1ccc2c(CC(C)C)c(C(=O)O)oc2c1. The van der Waals surface area contributed by atoms with E-state index in [1.807, 2.05) is 26.0 Å². The number of carboxylic acid groups (broad SMARTS) is 1. The highest BCUT2D eigenvalue weighted by molar-refractivity contribution is 5.95. The fourth-order valence-electron chi connectivity index (χ4n) is 2.04. The summed E-state index contributed by atoms with van der Waals surface area (Å²) >= 11 is 0. The average Bonchev–Trinajstić information content (AvgIpc) is 2.66. The van der Waals surface area contributed by atoms with Crippen LogP contribution < -0.4 is 4.74 Å². The summed E-state index contributed by atoms with van der Waals surface area (Å²) in [7, 11) is 1.57. The maximum absolute atomic E-state index is 11.2. The number of carbonyl (C=O) groups is 1. The van der Waals surface area contributed by atoms with Crippen LogP contribution in [0.3, 0.4) is 0 Å². The van der Waals surface area contributed by atoms with Crippen molar-refractivity contribution < 1.29 is 19.1 Å². The third-order valence-corrected chi connectivity index (χ3v) is 2.81. The van der Waals surface area contributed by atoms with Crippen LogP contribution in [0.25, 0.3) is 11.0 Å². The highest BCUT2D eigenvalue weighted by Gasteiger charge is 2.20. The lowest BCUT2D eigenvalue weighted by Gasteiger charge is -2.03. The van der Waals surface area contributed by atoms with Gasteiger partial charge in [-0.3, -0.25) is 0 Å².